The number of nitrogens with two attached hydrogens (primary N) is 3. The molecule has 0 saturated carbocycles. The van der Waals surface area contributed by atoms with Crippen molar-refractivity contribution in [3.63, 3.8) is 0 Å². The zero-order chi connectivity index (χ0) is 24.7. The summed E-state index contributed by atoms with van der Waals surface area (Å²) in [5.74, 6) is -2.36. The van der Waals surface area contributed by atoms with Gasteiger partial charge in [-0.25, -0.2) is 4.79 Å². The van der Waals surface area contributed by atoms with Crippen molar-refractivity contribution >= 4 is 29.7 Å². The van der Waals surface area contributed by atoms with E-state index < -0.39 is 36.0 Å². The smallest absolute Gasteiger partial charge is 0.326 e. The second kappa shape index (κ2) is 11.8. The number of nitrogens with zero attached hydrogens (tertiary/aromatic N) is 3. The number of hydrogen-bond acceptors (Lipinski definition) is 6. The molecular weight excluding hydrogens is 430 g/mol. The van der Waals surface area contributed by atoms with E-state index in [1.165, 1.54) is 9.80 Å². The van der Waals surface area contributed by atoms with Gasteiger partial charge in [-0.15, -0.1) is 0 Å². The molecule has 2 fully saturated rings. The van der Waals surface area contributed by atoms with Crippen molar-refractivity contribution in [3.05, 3.63) is 0 Å². The van der Waals surface area contributed by atoms with Crippen LogP contribution in [-0.4, -0.2) is 88.4 Å². The highest BCUT2D eigenvalue weighted by molar-refractivity contribution is 5.94. The molecule has 4 unspecified atom stereocenters. The molecule has 186 valence electrons. The Morgan fingerprint density at radius 3 is 2.24 bits per heavy atom. The van der Waals surface area contributed by atoms with Gasteiger partial charge in [0.05, 0.1) is 6.04 Å². The normalized spacial score (nSPS) is 22.2. The van der Waals surface area contributed by atoms with Crippen LogP contribution < -0.4 is 22.5 Å². The topological polar surface area (TPSA) is 197 Å². The van der Waals surface area contributed by atoms with E-state index in [9.17, 15) is 24.3 Å². The van der Waals surface area contributed by atoms with Gasteiger partial charge in [-0.2, -0.15) is 0 Å². The van der Waals surface area contributed by atoms with Crippen molar-refractivity contribution in [2.24, 2.45) is 28.1 Å². The highest BCUT2D eigenvalue weighted by Gasteiger charge is 2.43. The number of carboxylic acids is 1. The molecule has 0 radical (unpaired) electrons. The standard InChI is InChI=1S/C21H37N7O5/c1-12(2)16(22)19(31)28-11-5-8-15(28)18(30)27-10-4-7-14(27)17(29)26-13(20(32)33)6-3-9-25-21(23)24/h12-16H,3-11,22H2,1-2H3,(H,26,29)(H,32,33)(H4,23,24,25). The maximum Gasteiger partial charge on any atom is 0.326 e. The van der Waals surface area contributed by atoms with Crippen LogP contribution in [0.15, 0.2) is 4.99 Å². The Labute approximate surface area is 193 Å². The van der Waals surface area contributed by atoms with Crippen LogP contribution in [0, 0.1) is 5.92 Å². The first-order valence-electron chi connectivity index (χ1n) is 11.5. The second-order valence-corrected chi connectivity index (χ2v) is 9.00. The lowest BCUT2D eigenvalue weighted by Crippen LogP contribution is -2.56. The predicted octanol–water partition coefficient (Wildman–Crippen LogP) is -1.43. The molecule has 0 spiro atoms. The van der Waals surface area contributed by atoms with Gasteiger partial charge in [0.1, 0.15) is 18.1 Å². The molecule has 3 amide bonds. The number of likely N-dealkylation sites (tertiary alicyclic amines) is 2. The summed E-state index contributed by atoms with van der Waals surface area (Å²) >= 11 is 0. The third kappa shape index (κ3) is 6.80. The minimum absolute atomic E-state index is 0.0564. The number of rotatable bonds is 10. The summed E-state index contributed by atoms with van der Waals surface area (Å²) in [5.41, 5.74) is 16.5. The van der Waals surface area contributed by atoms with Crippen LogP contribution in [0.1, 0.15) is 52.4 Å². The summed E-state index contributed by atoms with van der Waals surface area (Å²) < 4.78 is 0. The fourth-order valence-corrected chi connectivity index (χ4v) is 4.29. The molecule has 0 aromatic heterocycles. The van der Waals surface area contributed by atoms with Crippen LogP contribution in [0.4, 0.5) is 0 Å². The van der Waals surface area contributed by atoms with E-state index in [0.717, 1.165) is 0 Å². The molecule has 0 aliphatic carbocycles. The number of nitrogens with one attached hydrogen (secondary N) is 1. The molecule has 4 atom stereocenters. The van der Waals surface area contributed by atoms with Crippen LogP contribution in [0.3, 0.4) is 0 Å². The summed E-state index contributed by atoms with van der Waals surface area (Å²) in [6.45, 7) is 4.80. The Balaban J connectivity index is 2.03. The first-order chi connectivity index (χ1) is 15.5. The summed E-state index contributed by atoms with van der Waals surface area (Å²) in [4.78, 5) is 57.4. The number of aliphatic imine (C=N–C) groups is 1. The minimum Gasteiger partial charge on any atom is -0.480 e. The van der Waals surface area contributed by atoms with Crippen molar-refractivity contribution in [2.45, 2.75) is 76.5 Å². The first-order valence-corrected chi connectivity index (χ1v) is 11.5. The first kappa shape index (κ1) is 26.4. The van der Waals surface area contributed by atoms with E-state index >= 15 is 0 Å². The summed E-state index contributed by atoms with van der Waals surface area (Å²) in [7, 11) is 0. The molecule has 2 rings (SSSR count). The van der Waals surface area contributed by atoms with Crippen molar-refractivity contribution in [2.75, 3.05) is 19.6 Å². The number of carbonyl (C=O) groups is 4. The molecule has 2 saturated heterocycles. The average molecular weight is 468 g/mol. The number of carboxylic acid groups (broad SMARTS) is 1. The molecular formula is C21H37N7O5. The van der Waals surface area contributed by atoms with E-state index in [-0.39, 0.29) is 36.7 Å². The van der Waals surface area contributed by atoms with Gasteiger partial charge in [-0.3, -0.25) is 19.4 Å². The van der Waals surface area contributed by atoms with Crippen molar-refractivity contribution < 1.29 is 24.3 Å². The van der Waals surface area contributed by atoms with E-state index in [0.29, 0.717) is 45.2 Å². The third-order valence-corrected chi connectivity index (χ3v) is 6.22. The van der Waals surface area contributed by atoms with Crippen LogP contribution >= 0.6 is 0 Å². The van der Waals surface area contributed by atoms with Gasteiger partial charge in [0.15, 0.2) is 5.96 Å². The highest BCUT2D eigenvalue weighted by atomic mass is 16.4. The molecule has 2 aliphatic rings. The Bertz CT molecular complexity index is 768. The zero-order valence-corrected chi connectivity index (χ0v) is 19.4. The maximum atomic E-state index is 13.3. The van der Waals surface area contributed by atoms with Crippen LogP contribution in [0.5, 0.6) is 0 Å². The highest BCUT2D eigenvalue weighted by Crippen LogP contribution is 2.26. The fraction of sp³-hybridized carbons (Fsp3) is 0.762. The third-order valence-electron chi connectivity index (χ3n) is 6.22. The lowest BCUT2D eigenvalue weighted by atomic mass is 10.0. The molecule has 8 N–H and O–H groups in total. The Hall–Kier alpha value is -2.89. The molecule has 0 bridgehead atoms. The molecule has 0 aromatic rings. The molecule has 12 nitrogen and oxygen atoms in total. The van der Waals surface area contributed by atoms with Crippen LogP contribution in [0.25, 0.3) is 0 Å². The predicted molar refractivity (Wildman–Crippen MR) is 122 cm³/mol. The summed E-state index contributed by atoms with van der Waals surface area (Å²) in [5, 5.41) is 12.0. The maximum absolute atomic E-state index is 13.3. The van der Waals surface area contributed by atoms with Gasteiger partial charge >= 0.3 is 5.97 Å². The zero-order valence-electron chi connectivity index (χ0n) is 19.4. The number of carbonyl (C=O) groups excluding carboxylic acids is 3. The lowest BCUT2D eigenvalue weighted by molar-refractivity contribution is -0.148. The Kier molecular flexibility index (Phi) is 9.44. The van der Waals surface area contributed by atoms with E-state index in [2.05, 4.69) is 10.3 Å². The average Bonchev–Trinajstić information content (AvgIpc) is 3.43. The monoisotopic (exact) mass is 467 g/mol. The Morgan fingerprint density at radius 2 is 1.67 bits per heavy atom. The van der Waals surface area contributed by atoms with Crippen LogP contribution in [0.2, 0.25) is 0 Å². The summed E-state index contributed by atoms with van der Waals surface area (Å²) in [6.07, 6.45) is 2.79. The number of aliphatic carboxylic acids is 1. The molecule has 0 aromatic carbocycles. The number of amides is 3. The fourth-order valence-electron chi connectivity index (χ4n) is 4.29. The van der Waals surface area contributed by atoms with Crippen molar-refractivity contribution in [1.82, 2.24) is 15.1 Å². The molecule has 2 aliphatic heterocycles. The van der Waals surface area contributed by atoms with E-state index in [1.807, 2.05) is 13.8 Å². The van der Waals surface area contributed by atoms with E-state index in [4.69, 9.17) is 17.2 Å². The second-order valence-electron chi connectivity index (χ2n) is 9.00. The minimum atomic E-state index is -1.17. The molecule has 33 heavy (non-hydrogen) atoms. The Morgan fingerprint density at radius 1 is 1.06 bits per heavy atom. The lowest BCUT2D eigenvalue weighted by Gasteiger charge is -2.33. The van der Waals surface area contributed by atoms with Crippen molar-refractivity contribution in [1.29, 1.82) is 0 Å². The van der Waals surface area contributed by atoms with Gasteiger partial charge in [-0.05, 0) is 44.4 Å². The van der Waals surface area contributed by atoms with Crippen LogP contribution in [-0.2, 0) is 19.2 Å². The summed E-state index contributed by atoms with van der Waals surface area (Å²) in [6, 6.07) is -3.22. The van der Waals surface area contributed by atoms with Gasteiger partial charge in [0.2, 0.25) is 17.7 Å². The number of guanidine groups is 1. The SMILES string of the molecule is CC(C)C(N)C(=O)N1CCCC1C(=O)N1CCCC1C(=O)NC(CCCN=C(N)N)C(=O)O. The largest absolute Gasteiger partial charge is 0.480 e. The van der Waals surface area contributed by atoms with E-state index in [1.54, 1.807) is 0 Å². The quantitative estimate of drug-likeness (QED) is 0.146. The molecule has 12 heteroatoms. The van der Waals surface area contributed by atoms with Gasteiger partial charge in [0, 0.05) is 19.6 Å². The van der Waals surface area contributed by atoms with Gasteiger partial charge in [-0.1, -0.05) is 13.8 Å². The molecule has 2 heterocycles. The van der Waals surface area contributed by atoms with Gasteiger partial charge < -0.3 is 37.4 Å². The number of hydrogen-bond donors (Lipinski definition) is 5. The van der Waals surface area contributed by atoms with Crippen molar-refractivity contribution in [3.8, 4) is 0 Å². The van der Waals surface area contributed by atoms with Gasteiger partial charge in [0.25, 0.3) is 0 Å².